The lowest BCUT2D eigenvalue weighted by molar-refractivity contribution is 0.845. The summed E-state index contributed by atoms with van der Waals surface area (Å²) in [6, 6.07) is 5.57. The number of halogens is 1. The zero-order valence-corrected chi connectivity index (χ0v) is 9.75. The molecule has 0 atom stereocenters. The van der Waals surface area contributed by atoms with Gasteiger partial charge in [0.05, 0.1) is 15.9 Å². The van der Waals surface area contributed by atoms with Crippen LogP contribution in [0.1, 0.15) is 19.2 Å². The van der Waals surface area contributed by atoms with Gasteiger partial charge in [-0.05, 0) is 18.6 Å². The number of rotatable bonds is 3. The van der Waals surface area contributed by atoms with Gasteiger partial charge in [0.1, 0.15) is 5.82 Å². The van der Waals surface area contributed by atoms with Gasteiger partial charge in [-0.3, -0.25) is 0 Å². The fourth-order valence-corrected chi connectivity index (χ4v) is 1.89. The van der Waals surface area contributed by atoms with E-state index < -0.39 is 0 Å². The lowest BCUT2D eigenvalue weighted by Crippen LogP contribution is -2.11. The van der Waals surface area contributed by atoms with E-state index in [4.69, 9.17) is 17.4 Å². The number of nitrogens with zero attached hydrogens (tertiary/aromatic N) is 2. The van der Waals surface area contributed by atoms with Crippen LogP contribution in [-0.2, 0) is 6.42 Å². The number of nitrogens with one attached hydrogen (secondary N) is 1. The van der Waals surface area contributed by atoms with E-state index in [2.05, 4.69) is 22.3 Å². The van der Waals surface area contributed by atoms with Gasteiger partial charge in [0, 0.05) is 6.42 Å². The molecular formula is C11H13ClN4. The van der Waals surface area contributed by atoms with Crippen molar-refractivity contribution in [3.8, 4) is 0 Å². The van der Waals surface area contributed by atoms with Gasteiger partial charge >= 0.3 is 0 Å². The molecule has 0 fully saturated rings. The molecule has 0 aliphatic carbocycles. The predicted molar refractivity (Wildman–Crippen MR) is 66.4 cm³/mol. The fraction of sp³-hybridized carbons (Fsp3) is 0.273. The standard InChI is InChI=1S/C11H13ClN4/c1-2-4-9-14-8-6-3-5-7(12)10(8)11(15-9)16-13/h3,5-6H,2,4,13H2,1H3,(H,14,15,16). The monoisotopic (exact) mass is 236 g/mol. The maximum atomic E-state index is 6.09. The SMILES string of the molecule is CCCc1nc(NN)c2c(Cl)cccc2n1. The number of nitrogens with two attached hydrogens (primary N) is 1. The zero-order valence-electron chi connectivity index (χ0n) is 9.00. The first-order valence-corrected chi connectivity index (χ1v) is 5.55. The van der Waals surface area contributed by atoms with E-state index in [1.54, 1.807) is 6.07 Å². The van der Waals surface area contributed by atoms with Crippen LogP contribution in [0.5, 0.6) is 0 Å². The Morgan fingerprint density at radius 3 is 2.88 bits per heavy atom. The Balaban J connectivity index is 2.68. The number of aromatic nitrogens is 2. The summed E-state index contributed by atoms with van der Waals surface area (Å²) in [6.45, 7) is 2.08. The van der Waals surface area contributed by atoms with Crippen molar-refractivity contribution in [1.29, 1.82) is 0 Å². The molecule has 0 spiro atoms. The van der Waals surface area contributed by atoms with E-state index in [-0.39, 0.29) is 0 Å². The number of fused-ring (bicyclic) bond motifs is 1. The molecule has 0 radical (unpaired) electrons. The van der Waals surface area contributed by atoms with Gasteiger partial charge in [-0.1, -0.05) is 24.6 Å². The van der Waals surface area contributed by atoms with Crippen LogP contribution in [0.15, 0.2) is 18.2 Å². The second-order valence-electron chi connectivity index (χ2n) is 3.52. The quantitative estimate of drug-likeness (QED) is 0.635. The van der Waals surface area contributed by atoms with Crippen LogP contribution >= 0.6 is 11.6 Å². The molecule has 1 aromatic heterocycles. The molecule has 0 unspecified atom stereocenters. The topological polar surface area (TPSA) is 63.8 Å². The highest BCUT2D eigenvalue weighted by Crippen LogP contribution is 2.27. The molecule has 0 bridgehead atoms. The van der Waals surface area contributed by atoms with Crippen molar-refractivity contribution in [1.82, 2.24) is 9.97 Å². The van der Waals surface area contributed by atoms with Gasteiger partial charge in [-0.2, -0.15) is 0 Å². The molecule has 4 nitrogen and oxygen atoms in total. The number of anilines is 1. The molecule has 2 aromatic rings. The van der Waals surface area contributed by atoms with Crippen LogP contribution in [0.3, 0.4) is 0 Å². The molecule has 0 aliphatic rings. The Labute approximate surface area is 98.8 Å². The number of benzene rings is 1. The van der Waals surface area contributed by atoms with Crippen LogP contribution in [0.2, 0.25) is 5.02 Å². The average molecular weight is 237 g/mol. The van der Waals surface area contributed by atoms with Crippen molar-refractivity contribution in [3.63, 3.8) is 0 Å². The van der Waals surface area contributed by atoms with Crippen molar-refractivity contribution in [2.45, 2.75) is 19.8 Å². The Hall–Kier alpha value is -1.39. The molecule has 1 heterocycles. The summed E-state index contributed by atoms with van der Waals surface area (Å²) < 4.78 is 0. The molecule has 2 rings (SSSR count). The first-order valence-electron chi connectivity index (χ1n) is 5.18. The second kappa shape index (κ2) is 4.63. The normalized spacial score (nSPS) is 10.7. The Morgan fingerprint density at radius 1 is 1.38 bits per heavy atom. The van der Waals surface area contributed by atoms with E-state index in [1.165, 1.54) is 0 Å². The molecule has 16 heavy (non-hydrogen) atoms. The van der Waals surface area contributed by atoms with Crippen LogP contribution < -0.4 is 11.3 Å². The van der Waals surface area contributed by atoms with Gasteiger partial charge in [0.25, 0.3) is 0 Å². The van der Waals surface area contributed by atoms with Crippen molar-refractivity contribution in [3.05, 3.63) is 29.0 Å². The molecule has 0 saturated heterocycles. The molecule has 0 saturated carbocycles. The number of aryl methyl sites for hydroxylation is 1. The molecule has 1 aromatic carbocycles. The minimum Gasteiger partial charge on any atom is -0.308 e. The Morgan fingerprint density at radius 2 is 2.19 bits per heavy atom. The largest absolute Gasteiger partial charge is 0.308 e. The van der Waals surface area contributed by atoms with Crippen molar-refractivity contribution in [2.24, 2.45) is 5.84 Å². The first-order chi connectivity index (χ1) is 7.76. The molecule has 84 valence electrons. The summed E-state index contributed by atoms with van der Waals surface area (Å²) in [5.41, 5.74) is 3.39. The maximum Gasteiger partial charge on any atom is 0.153 e. The van der Waals surface area contributed by atoms with E-state index in [9.17, 15) is 0 Å². The minimum absolute atomic E-state index is 0.582. The van der Waals surface area contributed by atoms with Gasteiger partial charge in [-0.25, -0.2) is 15.8 Å². The number of hydrogen-bond acceptors (Lipinski definition) is 4. The average Bonchev–Trinajstić information content (AvgIpc) is 2.28. The van der Waals surface area contributed by atoms with Crippen molar-refractivity contribution >= 4 is 28.3 Å². The smallest absolute Gasteiger partial charge is 0.153 e. The highest BCUT2D eigenvalue weighted by molar-refractivity contribution is 6.36. The summed E-state index contributed by atoms with van der Waals surface area (Å²) >= 11 is 6.09. The van der Waals surface area contributed by atoms with Crippen molar-refractivity contribution < 1.29 is 0 Å². The van der Waals surface area contributed by atoms with E-state index in [0.29, 0.717) is 10.8 Å². The van der Waals surface area contributed by atoms with E-state index in [0.717, 1.165) is 29.6 Å². The van der Waals surface area contributed by atoms with Gasteiger partial charge in [0.2, 0.25) is 0 Å². The highest BCUT2D eigenvalue weighted by atomic mass is 35.5. The maximum absolute atomic E-state index is 6.09. The summed E-state index contributed by atoms with van der Waals surface area (Å²) in [7, 11) is 0. The van der Waals surface area contributed by atoms with Crippen LogP contribution in [0, 0.1) is 0 Å². The van der Waals surface area contributed by atoms with Crippen molar-refractivity contribution in [2.75, 3.05) is 5.43 Å². The number of nitrogen functional groups attached to an aromatic ring is 1. The fourth-order valence-electron chi connectivity index (χ4n) is 1.63. The summed E-state index contributed by atoms with van der Waals surface area (Å²) in [5, 5.41) is 1.38. The second-order valence-corrected chi connectivity index (χ2v) is 3.92. The first kappa shape index (κ1) is 11.1. The summed E-state index contributed by atoms with van der Waals surface area (Å²) in [5.74, 6) is 6.82. The van der Waals surface area contributed by atoms with Crippen LogP contribution in [-0.4, -0.2) is 9.97 Å². The third-order valence-electron chi connectivity index (χ3n) is 2.33. The third kappa shape index (κ3) is 1.94. The molecular weight excluding hydrogens is 224 g/mol. The van der Waals surface area contributed by atoms with Gasteiger partial charge < -0.3 is 5.43 Å². The number of hydrazine groups is 1. The predicted octanol–water partition coefficient (Wildman–Crippen LogP) is 2.52. The van der Waals surface area contributed by atoms with E-state index >= 15 is 0 Å². The van der Waals surface area contributed by atoms with E-state index in [1.807, 2.05) is 12.1 Å². The molecule has 3 N–H and O–H groups in total. The lowest BCUT2D eigenvalue weighted by atomic mass is 10.2. The van der Waals surface area contributed by atoms with Crippen LogP contribution in [0.25, 0.3) is 10.9 Å². The molecule has 0 aliphatic heterocycles. The van der Waals surface area contributed by atoms with Gasteiger partial charge in [0.15, 0.2) is 5.82 Å². The molecule has 0 amide bonds. The Kier molecular flexibility index (Phi) is 3.22. The zero-order chi connectivity index (χ0) is 11.5. The Bertz CT molecular complexity index is 513. The minimum atomic E-state index is 0.582. The van der Waals surface area contributed by atoms with Gasteiger partial charge in [-0.15, -0.1) is 0 Å². The third-order valence-corrected chi connectivity index (χ3v) is 2.64. The summed E-state index contributed by atoms with van der Waals surface area (Å²) in [6.07, 6.45) is 1.83. The molecule has 5 heteroatoms. The highest BCUT2D eigenvalue weighted by Gasteiger charge is 2.09. The number of hydrogen-bond donors (Lipinski definition) is 2. The summed E-state index contributed by atoms with van der Waals surface area (Å²) in [4.78, 5) is 8.78. The van der Waals surface area contributed by atoms with Crippen LogP contribution in [0.4, 0.5) is 5.82 Å². The lowest BCUT2D eigenvalue weighted by Gasteiger charge is -2.08.